The normalized spacial score (nSPS) is 11.1. The van der Waals surface area contributed by atoms with Gasteiger partial charge < -0.3 is 5.11 Å². The molecule has 2 aromatic rings. The molecule has 0 aliphatic heterocycles. The van der Waals surface area contributed by atoms with Gasteiger partial charge in [-0.25, -0.2) is 17.6 Å². The molecule has 6 nitrogen and oxygen atoms in total. The zero-order chi connectivity index (χ0) is 15.6. The number of aromatic carboxylic acids is 1. The van der Waals surface area contributed by atoms with E-state index in [1.54, 1.807) is 0 Å². The van der Waals surface area contributed by atoms with E-state index in [-0.39, 0.29) is 4.90 Å². The topological polar surface area (TPSA) is 87.6 Å². The molecule has 0 unspecified atom stereocenters. The van der Waals surface area contributed by atoms with Crippen LogP contribution in [0.15, 0.2) is 47.6 Å². The second-order valence-electron chi connectivity index (χ2n) is 4.12. The average molecular weight is 310 g/mol. The number of carboxylic acid groups (broad SMARTS) is 1. The number of anilines is 1. The fourth-order valence-corrected chi connectivity index (χ4v) is 2.90. The Hall–Kier alpha value is -2.48. The highest BCUT2D eigenvalue weighted by Crippen LogP contribution is 2.23. The maximum atomic E-state index is 13.3. The van der Waals surface area contributed by atoms with Gasteiger partial charge in [-0.15, -0.1) is 0 Å². The minimum Gasteiger partial charge on any atom is -0.478 e. The van der Waals surface area contributed by atoms with Gasteiger partial charge in [0.2, 0.25) is 0 Å². The van der Waals surface area contributed by atoms with Gasteiger partial charge in [0.1, 0.15) is 5.82 Å². The summed E-state index contributed by atoms with van der Waals surface area (Å²) in [7, 11) is -2.68. The van der Waals surface area contributed by atoms with E-state index in [4.69, 9.17) is 5.11 Å². The van der Waals surface area contributed by atoms with Crippen molar-refractivity contribution in [3.05, 3.63) is 54.1 Å². The Balaban J connectivity index is 2.50. The van der Waals surface area contributed by atoms with Crippen molar-refractivity contribution < 1.29 is 22.7 Å². The standard InChI is InChI=1S/C13H11FN2O4S/c1-16(9-4-6-15-7-5-9)21(19,20)10-2-3-12(14)11(8-10)13(17)18/h2-8H,1H3,(H,17,18). The van der Waals surface area contributed by atoms with Crippen LogP contribution in [0.2, 0.25) is 0 Å². The average Bonchev–Trinajstić information content (AvgIpc) is 2.47. The number of carbonyl (C=O) groups is 1. The minimum absolute atomic E-state index is 0.305. The van der Waals surface area contributed by atoms with Crippen LogP contribution in [0.25, 0.3) is 0 Å². The molecule has 0 amide bonds. The van der Waals surface area contributed by atoms with Crippen LogP contribution in [-0.2, 0) is 10.0 Å². The molecule has 8 heteroatoms. The van der Waals surface area contributed by atoms with Crippen molar-refractivity contribution in [3.8, 4) is 0 Å². The van der Waals surface area contributed by atoms with E-state index in [1.807, 2.05) is 0 Å². The summed E-state index contributed by atoms with van der Waals surface area (Å²) in [5.74, 6) is -2.52. The number of sulfonamides is 1. The first-order valence-electron chi connectivity index (χ1n) is 5.76. The second kappa shape index (κ2) is 5.49. The summed E-state index contributed by atoms with van der Waals surface area (Å²) in [5, 5.41) is 8.85. The number of pyridine rings is 1. The van der Waals surface area contributed by atoms with E-state index in [9.17, 15) is 17.6 Å². The SMILES string of the molecule is CN(c1ccncc1)S(=O)(=O)c1ccc(F)c(C(=O)O)c1. The molecular formula is C13H11FN2O4S. The molecule has 1 aromatic carbocycles. The molecule has 0 atom stereocenters. The third kappa shape index (κ3) is 2.84. The summed E-state index contributed by atoms with van der Waals surface area (Å²) in [6.45, 7) is 0. The van der Waals surface area contributed by atoms with Crippen molar-refractivity contribution in [1.82, 2.24) is 4.98 Å². The second-order valence-corrected chi connectivity index (χ2v) is 6.09. The van der Waals surface area contributed by atoms with Gasteiger partial charge in [-0.2, -0.15) is 0 Å². The van der Waals surface area contributed by atoms with E-state index in [2.05, 4.69) is 4.98 Å². The Bertz CT molecular complexity index is 778. The smallest absolute Gasteiger partial charge is 0.338 e. The van der Waals surface area contributed by atoms with E-state index >= 15 is 0 Å². The van der Waals surface area contributed by atoms with Crippen molar-refractivity contribution in [1.29, 1.82) is 0 Å². The van der Waals surface area contributed by atoms with Crippen LogP contribution in [0.1, 0.15) is 10.4 Å². The summed E-state index contributed by atoms with van der Waals surface area (Å²) in [6, 6.07) is 5.61. The highest BCUT2D eigenvalue weighted by molar-refractivity contribution is 7.92. The summed E-state index contributed by atoms with van der Waals surface area (Å²) >= 11 is 0. The first kappa shape index (κ1) is 14.9. The zero-order valence-corrected chi connectivity index (χ0v) is 11.7. The van der Waals surface area contributed by atoms with Gasteiger partial charge in [0.05, 0.1) is 16.1 Å². The Morgan fingerprint density at radius 1 is 1.24 bits per heavy atom. The summed E-state index contributed by atoms with van der Waals surface area (Å²) in [5.41, 5.74) is -0.342. The van der Waals surface area contributed by atoms with Crippen molar-refractivity contribution >= 4 is 21.7 Å². The predicted molar refractivity (Wildman–Crippen MR) is 73.2 cm³/mol. The number of hydrogen-bond donors (Lipinski definition) is 1. The van der Waals surface area contributed by atoms with Crippen LogP contribution in [0.3, 0.4) is 0 Å². The van der Waals surface area contributed by atoms with E-state index < -0.39 is 27.4 Å². The predicted octanol–water partition coefficient (Wildman–Crippen LogP) is 1.74. The van der Waals surface area contributed by atoms with Crippen molar-refractivity contribution in [2.75, 3.05) is 11.4 Å². The number of aromatic nitrogens is 1. The molecule has 21 heavy (non-hydrogen) atoms. The highest BCUT2D eigenvalue weighted by Gasteiger charge is 2.23. The van der Waals surface area contributed by atoms with Crippen molar-refractivity contribution in [2.45, 2.75) is 4.90 Å². The third-order valence-corrected chi connectivity index (χ3v) is 4.63. The van der Waals surface area contributed by atoms with Crippen LogP contribution in [-0.4, -0.2) is 31.5 Å². The van der Waals surface area contributed by atoms with Gasteiger partial charge in [0.15, 0.2) is 0 Å². The molecule has 2 rings (SSSR count). The lowest BCUT2D eigenvalue weighted by molar-refractivity contribution is 0.0691. The molecule has 0 aliphatic carbocycles. The quantitative estimate of drug-likeness (QED) is 0.929. The molecule has 0 saturated heterocycles. The molecule has 1 N–H and O–H groups in total. The molecule has 0 aliphatic rings. The number of halogens is 1. The summed E-state index contributed by atoms with van der Waals surface area (Å²) in [6.07, 6.45) is 2.85. The monoisotopic (exact) mass is 310 g/mol. The number of rotatable bonds is 4. The molecule has 1 heterocycles. The fourth-order valence-electron chi connectivity index (χ4n) is 1.68. The van der Waals surface area contributed by atoms with Crippen LogP contribution in [0, 0.1) is 5.82 Å². The Labute approximate surface area is 120 Å². The number of benzene rings is 1. The zero-order valence-electron chi connectivity index (χ0n) is 10.9. The Morgan fingerprint density at radius 3 is 2.43 bits per heavy atom. The minimum atomic E-state index is -3.99. The molecule has 0 fully saturated rings. The lowest BCUT2D eigenvalue weighted by Gasteiger charge is -2.19. The van der Waals surface area contributed by atoms with Gasteiger partial charge in [-0.05, 0) is 30.3 Å². The Kier molecular flexibility index (Phi) is 3.90. The molecule has 0 radical (unpaired) electrons. The van der Waals surface area contributed by atoms with Crippen molar-refractivity contribution in [3.63, 3.8) is 0 Å². The van der Waals surface area contributed by atoms with E-state index in [0.717, 1.165) is 22.5 Å². The maximum absolute atomic E-state index is 13.3. The maximum Gasteiger partial charge on any atom is 0.338 e. The van der Waals surface area contributed by atoms with Gasteiger partial charge in [0.25, 0.3) is 10.0 Å². The first-order valence-corrected chi connectivity index (χ1v) is 7.20. The van der Waals surface area contributed by atoms with Gasteiger partial charge in [0, 0.05) is 19.4 Å². The lowest BCUT2D eigenvalue weighted by atomic mass is 10.2. The number of carboxylic acids is 1. The summed E-state index contributed by atoms with van der Waals surface area (Å²) in [4.78, 5) is 14.4. The molecule has 0 saturated carbocycles. The lowest BCUT2D eigenvalue weighted by Crippen LogP contribution is -2.26. The van der Waals surface area contributed by atoms with E-state index in [0.29, 0.717) is 5.69 Å². The number of hydrogen-bond acceptors (Lipinski definition) is 4. The Morgan fingerprint density at radius 2 is 1.86 bits per heavy atom. The van der Waals surface area contributed by atoms with Crippen LogP contribution in [0.4, 0.5) is 10.1 Å². The van der Waals surface area contributed by atoms with Crippen molar-refractivity contribution in [2.24, 2.45) is 0 Å². The molecule has 1 aromatic heterocycles. The number of nitrogens with zero attached hydrogens (tertiary/aromatic N) is 2. The third-order valence-electron chi connectivity index (χ3n) is 2.85. The fraction of sp³-hybridized carbons (Fsp3) is 0.0769. The first-order chi connectivity index (χ1) is 9.84. The molecule has 0 bridgehead atoms. The largest absolute Gasteiger partial charge is 0.478 e. The summed E-state index contributed by atoms with van der Waals surface area (Å²) < 4.78 is 39.1. The van der Waals surface area contributed by atoms with Crippen LogP contribution < -0.4 is 4.31 Å². The molecule has 110 valence electrons. The van der Waals surface area contributed by atoms with Gasteiger partial charge >= 0.3 is 5.97 Å². The molecule has 0 spiro atoms. The van der Waals surface area contributed by atoms with Crippen LogP contribution >= 0.6 is 0 Å². The van der Waals surface area contributed by atoms with E-state index in [1.165, 1.54) is 31.6 Å². The highest BCUT2D eigenvalue weighted by atomic mass is 32.2. The van der Waals surface area contributed by atoms with Crippen LogP contribution in [0.5, 0.6) is 0 Å². The van der Waals surface area contributed by atoms with Gasteiger partial charge in [-0.1, -0.05) is 0 Å². The van der Waals surface area contributed by atoms with Gasteiger partial charge in [-0.3, -0.25) is 9.29 Å². The molecular weight excluding hydrogens is 299 g/mol.